The molecule has 1 aliphatic rings. The van der Waals surface area contributed by atoms with Gasteiger partial charge in [-0.3, -0.25) is 9.69 Å². The summed E-state index contributed by atoms with van der Waals surface area (Å²) in [6, 6.07) is 10.8. The molecule has 0 spiro atoms. The number of carbonyl (C=O) groups excluding carboxylic acids is 1. The fraction of sp³-hybridized carbons (Fsp3) is 0.462. The van der Waals surface area contributed by atoms with Gasteiger partial charge < -0.3 is 4.90 Å². The second kappa shape index (κ2) is 5.12. The summed E-state index contributed by atoms with van der Waals surface area (Å²) in [6.07, 6.45) is 0.963. The first-order chi connectivity index (χ1) is 7.79. The molecule has 3 nitrogen and oxygen atoms in total. The van der Waals surface area contributed by atoms with Gasteiger partial charge in [-0.2, -0.15) is 0 Å². The SMILES string of the molecule is CC1CN(Cc2ccccc2)CCN1C=O. The van der Waals surface area contributed by atoms with Crippen molar-refractivity contribution in [1.82, 2.24) is 9.80 Å². The number of piperazine rings is 1. The lowest BCUT2D eigenvalue weighted by Crippen LogP contribution is -2.50. The van der Waals surface area contributed by atoms with Crippen LogP contribution in [0.2, 0.25) is 0 Å². The molecule has 1 unspecified atom stereocenters. The number of carbonyl (C=O) groups is 1. The quantitative estimate of drug-likeness (QED) is 0.715. The molecule has 3 heteroatoms. The molecular weight excluding hydrogens is 200 g/mol. The van der Waals surface area contributed by atoms with Gasteiger partial charge in [-0.1, -0.05) is 30.3 Å². The van der Waals surface area contributed by atoms with E-state index in [9.17, 15) is 4.79 Å². The zero-order chi connectivity index (χ0) is 11.4. The van der Waals surface area contributed by atoms with Gasteiger partial charge in [-0.25, -0.2) is 0 Å². The maximum Gasteiger partial charge on any atom is 0.210 e. The molecule has 0 radical (unpaired) electrons. The zero-order valence-corrected chi connectivity index (χ0v) is 9.67. The van der Waals surface area contributed by atoms with Crippen LogP contribution < -0.4 is 0 Å². The second-order valence-electron chi connectivity index (χ2n) is 4.41. The average Bonchev–Trinajstić information content (AvgIpc) is 2.31. The maximum absolute atomic E-state index is 10.7. The van der Waals surface area contributed by atoms with Crippen LogP contribution in [0.1, 0.15) is 12.5 Å². The van der Waals surface area contributed by atoms with E-state index in [1.807, 2.05) is 11.0 Å². The lowest BCUT2D eigenvalue weighted by Gasteiger charge is -2.37. The number of benzene rings is 1. The summed E-state index contributed by atoms with van der Waals surface area (Å²) in [5, 5.41) is 0. The van der Waals surface area contributed by atoms with Crippen LogP contribution in [0, 0.1) is 0 Å². The minimum Gasteiger partial charge on any atom is -0.340 e. The van der Waals surface area contributed by atoms with Gasteiger partial charge in [0.1, 0.15) is 0 Å². The van der Waals surface area contributed by atoms with E-state index in [0.717, 1.165) is 32.6 Å². The highest BCUT2D eigenvalue weighted by atomic mass is 16.1. The van der Waals surface area contributed by atoms with Crippen molar-refractivity contribution in [2.45, 2.75) is 19.5 Å². The third kappa shape index (κ3) is 2.61. The topological polar surface area (TPSA) is 23.6 Å². The lowest BCUT2D eigenvalue weighted by molar-refractivity contribution is -0.122. The Balaban J connectivity index is 1.91. The smallest absolute Gasteiger partial charge is 0.210 e. The Morgan fingerprint density at radius 1 is 1.31 bits per heavy atom. The Kier molecular flexibility index (Phi) is 3.57. The third-order valence-electron chi connectivity index (χ3n) is 3.15. The molecule has 16 heavy (non-hydrogen) atoms. The molecule has 0 aromatic heterocycles. The summed E-state index contributed by atoms with van der Waals surface area (Å²) in [7, 11) is 0. The van der Waals surface area contributed by atoms with Crippen molar-refractivity contribution in [3.8, 4) is 0 Å². The van der Waals surface area contributed by atoms with Gasteiger partial charge in [0.2, 0.25) is 6.41 Å². The molecular formula is C13H18N2O. The largest absolute Gasteiger partial charge is 0.340 e. The normalized spacial score (nSPS) is 22.1. The summed E-state index contributed by atoms with van der Waals surface area (Å²) in [5.74, 6) is 0. The molecule has 0 bridgehead atoms. The molecule has 1 heterocycles. The maximum atomic E-state index is 10.7. The first kappa shape index (κ1) is 11.1. The third-order valence-corrected chi connectivity index (χ3v) is 3.15. The second-order valence-corrected chi connectivity index (χ2v) is 4.41. The van der Waals surface area contributed by atoms with E-state index >= 15 is 0 Å². The van der Waals surface area contributed by atoms with Crippen LogP contribution >= 0.6 is 0 Å². The average molecular weight is 218 g/mol. The van der Waals surface area contributed by atoms with Crippen LogP contribution in [0.3, 0.4) is 0 Å². The highest BCUT2D eigenvalue weighted by Gasteiger charge is 2.21. The van der Waals surface area contributed by atoms with Gasteiger partial charge in [0, 0.05) is 32.2 Å². The van der Waals surface area contributed by atoms with Crippen LogP contribution in [0.15, 0.2) is 30.3 Å². The van der Waals surface area contributed by atoms with Crippen LogP contribution in [-0.4, -0.2) is 41.9 Å². The molecule has 1 aliphatic heterocycles. The van der Waals surface area contributed by atoms with Crippen LogP contribution in [0.5, 0.6) is 0 Å². The van der Waals surface area contributed by atoms with Crippen LogP contribution in [0.4, 0.5) is 0 Å². The molecule has 0 N–H and O–H groups in total. The van der Waals surface area contributed by atoms with Crippen LogP contribution in [-0.2, 0) is 11.3 Å². The fourth-order valence-electron chi connectivity index (χ4n) is 2.19. The number of hydrogen-bond acceptors (Lipinski definition) is 2. The summed E-state index contributed by atoms with van der Waals surface area (Å²) in [6.45, 7) is 5.87. The Bertz CT molecular complexity index is 339. The highest BCUT2D eigenvalue weighted by Crippen LogP contribution is 2.11. The first-order valence-electron chi connectivity index (χ1n) is 5.77. The van der Waals surface area contributed by atoms with E-state index < -0.39 is 0 Å². The summed E-state index contributed by atoms with van der Waals surface area (Å²) in [4.78, 5) is 15.0. The van der Waals surface area contributed by atoms with Gasteiger partial charge in [0.25, 0.3) is 0 Å². The molecule has 86 valence electrons. The van der Waals surface area contributed by atoms with E-state index in [0.29, 0.717) is 6.04 Å². The van der Waals surface area contributed by atoms with Crippen molar-refractivity contribution in [3.05, 3.63) is 35.9 Å². The van der Waals surface area contributed by atoms with Crippen molar-refractivity contribution < 1.29 is 4.79 Å². The van der Waals surface area contributed by atoms with Gasteiger partial charge in [-0.05, 0) is 12.5 Å². The molecule has 1 aromatic carbocycles. The van der Waals surface area contributed by atoms with Crippen LogP contribution in [0.25, 0.3) is 0 Å². The minimum absolute atomic E-state index is 0.329. The number of amides is 1. The summed E-state index contributed by atoms with van der Waals surface area (Å²) in [5.41, 5.74) is 1.34. The molecule has 1 amide bonds. The molecule has 0 saturated carbocycles. The summed E-state index contributed by atoms with van der Waals surface area (Å²) >= 11 is 0. The van der Waals surface area contributed by atoms with E-state index in [-0.39, 0.29) is 0 Å². The predicted octanol–water partition coefficient (Wildman–Crippen LogP) is 1.35. The van der Waals surface area contributed by atoms with Crippen molar-refractivity contribution in [2.24, 2.45) is 0 Å². The van der Waals surface area contributed by atoms with Gasteiger partial charge >= 0.3 is 0 Å². The monoisotopic (exact) mass is 218 g/mol. The van der Waals surface area contributed by atoms with Crippen molar-refractivity contribution in [2.75, 3.05) is 19.6 Å². The van der Waals surface area contributed by atoms with Crippen molar-refractivity contribution >= 4 is 6.41 Å². The van der Waals surface area contributed by atoms with E-state index in [2.05, 4.69) is 36.1 Å². The van der Waals surface area contributed by atoms with Gasteiger partial charge in [0.15, 0.2) is 0 Å². The highest BCUT2D eigenvalue weighted by molar-refractivity contribution is 5.48. The number of rotatable bonds is 3. The van der Waals surface area contributed by atoms with E-state index in [1.54, 1.807) is 0 Å². The Hall–Kier alpha value is -1.35. The predicted molar refractivity (Wildman–Crippen MR) is 64.0 cm³/mol. The van der Waals surface area contributed by atoms with Gasteiger partial charge in [-0.15, -0.1) is 0 Å². The van der Waals surface area contributed by atoms with E-state index in [4.69, 9.17) is 0 Å². The summed E-state index contributed by atoms with van der Waals surface area (Å²) < 4.78 is 0. The number of nitrogens with zero attached hydrogens (tertiary/aromatic N) is 2. The Morgan fingerprint density at radius 3 is 2.69 bits per heavy atom. The molecule has 1 fully saturated rings. The van der Waals surface area contributed by atoms with Crippen molar-refractivity contribution in [1.29, 1.82) is 0 Å². The first-order valence-corrected chi connectivity index (χ1v) is 5.77. The Labute approximate surface area is 96.7 Å². The minimum atomic E-state index is 0.329. The van der Waals surface area contributed by atoms with E-state index in [1.165, 1.54) is 5.56 Å². The van der Waals surface area contributed by atoms with Gasteiger partial charge in [0.05, 0.1) is 0 Å². The lowest BCUT2D eigenvalue weighted by atomic mass is 10.1. The van der Waals surface area contributed by atoms with Crippen molar-refractivity contribution in [3.63, 3.8) is 0 Å². The zero-order valence-electron chi connectivity index (χ0n) is 9.67. The molecule has 0 aliphatic carbocycles. The standard InChI is InChI=1S/C13H18N2O/c1-12-9-14(7-8-15(12)11-16)10-13-5-3-2-4-6-13/h2-6,11-12H,7-10H2,1H3. The fourth-order valence-corrected chi connectivity index (χ4v) is 2.19. The molecule has 1 saturated heterocycles. The molecule has 1 atom stereocenters. The molecule has 1 aromatic rings. The molecule has 2 rings (SSSR count). The number of hydrogen-bond donors (Lipinski definition) is 0. The Morgan fingerprint density at radius 2 is 2.06 bits per heavy atom.